The van der Waals surface area contributed by atoms with Gasteiger partial charge < -0.3 is 14.2 Å². The van der Waals surface area contributed by atoms with Crippen molar-refractivity contribution < 1.29 is 28.6 Å². The third-order valence-electron chi connectivity index (χ3n) is 16.1. The zero-order chi connectivity index (χ0) is 54.3. The van der Waals surface area contributed by atoms with Gasteiger partial charge >= 0.3 is 17.9 Å². The van der Waals surface area contributed by atoms with E-state index in [9.17, 15) is 14.4 Å². The Morgan fingerprint density at radius 1 is 0.213 bits per heavy atom. The average molecular weight is 1060 g/mol. The summed E-state index contributed by atoms with van der Waals surface area (Å²) in [7, 11) is 0. The third kappa shape index (κ3) is 63.1. The van der Waals surface area contributed by atoms with E-state index in [1.807, 2.05) is 0 Å². The second-order valence-corrected chi connectivity index (χ2v) is 23.8. The standard InChI is InChI=1S/C69H134O6/c1-4-7-10-13-16-19-22-24-25-26-27-28-29-30-31-32-33-34-35-36-37-38-39-40-41-42-43-45-47-50-53-56-59-62-68(71)74-65-66(64-73-67(70)61-58-55-52-49-46-21-18-15-12-9-6-3)75-69(72)63-60-57-54-51-48-44-23-20-17-14-11-8-5-2/h66H,4-65H2,1-3H3. The molecule has 0 saturated heterocycles. The largest absolute Gasteiger partial charge is 0.462 e. The van der Waals surface area contributed by atoms with Crippen LogP contribution in [-0.2, 0) is 28.6 Å². The fourth-order valence-corrected chi connectivity index (χ4v) is 10.9. The SMILES string of the molecule is CCCCCCCCCCCCCCCCCCCCCCCCCCCCCCCCCCCC(=O)OCC(COC(=O)CCCCCCCCCCCCC)OC(=O)CCCCCCCCCCCCCCC. The van der Waals surface area contributed by atoms with Gasteiger partial charge in [0, 0.05) is 19.3 Å². The first-order valence-corrected chi connectivity index (χ1v) is 34.5. The third-order valence-corrected chi connectivity index (χ3v) is 16.1. The monoisotopic (exact) mass is 1060 g/mol. The highest BCUT2D eigenvalue weighted by Gasteiger charge is 2.19. The second kappa shape index (κ2) is 64.9. The first-order chi connectivity index (χ1) is 37.0. The molecule has 0 fully saturated rings. The van der Waals surface area contributed by atoms with E-state index in [1.165, 1.54) is 308 Å². The van der Waals surface area contributed by atoms with Crippen molar-refractivity contribution >= 4 is 17.9 Å². The molecule has 446 valence electrons. The van der Waals surface area contributed by atoms with Gasteiger partial charge in [0.15, 0.2) is 6.10 Å². The Labute approximate surface area is 469 Å². The van der Waals surface area contributed by atoms with Gasteiger partial charge in [-0.05, 0) is 19.3 Å². The maximum atomic E-state index is 12.9. The van der Waals surface area contributed by atoms with Crippen LogP contribution >= 0.6 is 0 Å². The van der Waals surface area contributed by atoms with Crippen LogP contribution in [0.4, 0.5) is 0 Å². The minimum atomic E-state index is -0.761. The smallest absolute Gasteiger partial charge is 0.306 e. The van der Waals surface area contributed by atoms with Crippen molar-refractivity contribution in [2.75, 3.05) is 13.2 Å². The van der Waals surface area contributed by atoms with Crippen LogP contribution in [0.3, 0.4) is 0 Å². The van der Waals surface area contributed by atoms with Crippen LogP contribution in [0.2, 0.25) is 0 Å². The van der Waals surface area contributed by atoms with Gasteiger partial charge in [0.05, 0.1) is 0 Å². The Kier molecular flexibility index (Phi) is 63.6. The van der Waals surface area contributed by atoms with Crippen LogP contribution in [0.5, 0.6) is 0 Å². The van der Waals surface area contributed by atoms with Crippen LogP contribution in [0.1, 0.15) is 406 Å². The van der Waals surface area contributed by atoms with Gasteiger partial charge in [-0.3, -0.25) is 14.4 Å². The molecule has 75 heavy (non-hydrogen) atoms. The first-order valence-electron chi connectivity index (χ1n) is 34.5. The maximum absolute atomic E-state index is 12.9. The molecule has 6 heteroatoms. The second-order valence-electron chi connectivity index (χ2n) is 23.8. The molecule has 0 saturated carbocycles. The van der Waals surface area contributed by atoms with Crippen LogP contribution in [0.25, 0.3) is 0 Å². The van der Waals surface area contributed by atoms with Gasteiger partial charge in [-0.1, -0.05) is 367 Å². The lowest BCUT2D eigenvalue weighted by atomic mass is 10.0. The molecule has 0 bridgehead atoms. The number of unbranched alkanes of at least 4 members (excludes halogenated alkanes) is 54. The Morgan fingerprint density at radius 2 is 0.360 bits per heavy atom. The van der Waals surface area contributed by atoms with Crippen LogP contribution in [0, 0.1) is 0 Å². The summed E-state index contributed by atoms with van der Waals surface area (Å²) >= 11 is 0. The van der Waals surface area contributed by atoms with Crippen molar-refractivity contribution in [3.63, 3.8) is 0 Å². The van der Waals surface area contributed by atoms with Gasteiger partial charge in [-0.25, -0.2) is 0 Å². The molecule has 0 heterocycles. The Bertz CT molecular complexity index is 1120. The lowest BCUT2D eigenvalue weighted by Gasteiger charge is -2.18. The van der Waals surface area contributed by atoms with E-state index in [2.05, 4.69) is 20.8 Å². The zero-order valence-corrected chi connectivity index (χ0v) is 51.4. The number of carbonyl (C=O) groups excluding carboxylic acids is 3. The minimum Gasteiger partial charge on any atom is -0.462 e. The number of hydrogen-bond donors (Lipinski definition) is 0. The number of carbonyl (C=O) groups is 3. The van der Waals surface area contributed by atoms with E-state index < -0.39 is 6.10 Å². The van der Waals surface area contributed by atoms with Crippen molar-refractivity contribution in [3.8, 4) is 0 Å². The Hall–Kier alpha value is -1.59. The number of hydrogen-bond acceptors (Lipinski definition) is 6. The van der Waals surface area contributed by atoms with E-state index in [4.69, 9.17) is 14.2 Å². The fraction of sp³-hybridized carbons (Fsp3) is 0.957. The Morgan fingerprint density at radius 3 is 0.533 bits per heavy atom. The van der Waals surface area contributed by atoms with Gasteiger partial charge in [-0.2, -0.15) is 0 Å². The zero-order valence-electron chi connectivity index (χ0n) is 51.4. The van der Waals surface area contributed by atoms with Crippen LogP contribution in [0.15, 0.2) is 0 Å². The van der Waals surface area contributed by atoms with Gasteiger partial charge in [-0.15, -0.1) is 0 Å². The van der Waals surface area contributed by atoms with E-state index in [0.717, 1.165) is 57.8 Å². The predicted molar refractivity (Wildman–Crippen MR) is 326 cm³/mol. The first kappa shape index (κ1) is 73.4. The molecular weight excluding hydrogens is 925 g/mol. The molecule has 1 unspecified atom stereocenters. The Balaban J connectivity index is 3.97. The summed E-state index contributed by atoms with van der Waals surface area (Å²) < 4.78 is 16.9. The molecule has 0 amide bonds. The average Bonchev–Trinajstić information content (AvgIpc) is 3.41. The summed E-state index contributed by atoms with van der Waals surface area (Å²) in [6, 6.07) is 0. The van der Waals surface area contributed by atoms with E-state index >= 15 is 0 Å². The van der Waals surface area contributed by atoms with Gasteiger partial charge in [0.25, 0.3) is 0 Å². The van der Waals surface area contributed by atoms with E-state index in [-0.39, 0.29) is 31.1 Å². The fourth-order valence-electron chi connectivity index (χ4n) is 10.9. The highest BCUT2D eigenvalue weighted by Crippen LogP contribution is 2.19. The molecule has 1 atom stereocenters. The van der Waals surface area contributed by atoms with Gasteiger partial charge in [0.1, 0.15) is 13.2 Å². The summed E-state index contributed by atoms with van der Waals surface area (Å²) in [6.45, 7) is 6.71. The van der Waals surface area contributed by atoms with Crippen LogP contribution in [-0.4, -0.2) is 37.2 Å². The molecule has 0 aliphatic rings. The molecule has 0 radical (unpaired) electrons. The molecule has 0 N–H and O–H groups in total. The number of rotatable bonds is 65. The van der Waals surface area contributed by atoms with Crippen molar-refractivity contribution in [3.05, 3.63) is 0 Å². The molecule has 0 aliphatic carbocycles. The summed E-state index contributed by atoms with van der Waals surface area (Å²) in [4.78, 5) is 38.2. The van der Waals surface area contributed by atoms with E-state index in [1.54, 1.807) is 0 Å². The molecule has 0 rings (SSSR count). The summed E-state index contributed by atoms with van der Waals surface area (Å²) in [6.07, 6.45) is 75.9. The van der Waals surface area contributed by atoms with Crippen LogP contribution < -0.4 is 0 Å². The molecule has 0 aromatic carbocycles. The summed E-state index contributed by atoms with van der Waals surface area (Å²) in [5.74, 6) is -0.830. The molecule has 6 nitrogen and oxygen atoms in total. The number of ether oxygens (including phenoxy) is 3. The highest BCUT2D eigenvalue weighted by atomic mass is 16.6. The molecular formula is C69H134O6. The van der Waals surface area contributed by atoms with Crippen molar-refractivity contribution in [2.24, 2.45) is 0 Å². The van der Waals surface area contributed by atoms with Crippen molar-refractivity contribution in [2.45, 2.75) is 412 Å². The lowest BCUT2D eigenvalue weighted by molar-refractivity contribution is -0.167. The topological polar surface area (TPSA) is 78.9 Å². The van der Waals surface area contributed by atoms with Gasteiger partial charge in [0.2, 0.25) is 0 Å². The lowest BCUT2D eigenvalue weighted by Crippen LogP contribution is -2.30. The normalized spacial score (nSPS) is 11.9. The molecule has 0 aromatic heterocycles. The molecule has 0 spiro atoms. The highest BCUT2D eigenvalue weighted by molar-refractivity contribution is 5.71. The maximum Gasteiger partial charge on any atom is 0.306 e. The quantitative estimate of drug-likeness (QED) is 0.0343. The van der Waals surface area contributed by atoms with E-state index in [0.29, 0.717) is 19.3 Å². The molecule has 0 aliphatic heterocycles. The summed E-state index contributed by atoms with van der Waals surface area (Å²) in [5.41, 5.74) is 0. The predicted octanol–water partition coefficient (Wildman–Crippen LogP) is 23.5. The minimum absolute atomic E-state index is 0.0610. The number of esters is 3. The summed E-state index contributed by atoms with van der Waals surface area (Å²) in [5, 5.41) is 0. The molecule has 0 aromatic rings. The van der Waals surface area contributed by atoms with Crippen molar-refractivity contribution in [1.29, 1.82) is 0 Å². The van der Waals surface area contributed by atoms with Crippen molar-refractivity contribution in [1.82, 2.24) is 0 Å².